The minimum absolute atomic E-state index is 0.571. The fourth-order valence-corrected chi connectivity index (χ4v) is 4.13. The molecule has 1 atom stereocenters. The zero-order valence-electron chi connectivity index (χ0n) is 8.40. The molecule has 1 aromatic heterocycles. The van der Waals surface area contributed by atoms with Crippen LogP contribution in [0.1, 0.15) is 10.9 Å². The molecule has 1 nitrogen and oxygen atoms in total. The number of rotatable bonds is 1. The number of fused-ring (bicyclic) bond motifs is 1. The van der Waals surface area contributed by atoms with Crippen LogP contribution in [-0.2, 0) is 0 Å². The molecule has 0 amide bonds. The Labute approximate surface area is 97.9 Å². The second-order valence-corrected chi connectivity index (χ2v) is 6.03. The van der Waals surface area contributed by atoms with E-state index in [1.165, 1.54) is 26.5 Å². The predicted octanol–water partition coefficient (Wildman–Crippen LogP) is 3.28. The van der Waals surface area contributed by atoms with Crippen molar-refractivity contribution in [3.8, 4) is 0 Å². The topological polar surface area (TPSA) is 12.0 Å². The molecule has 0 bridgehead atoms. The predicted molar refractivity (Wildman–Crippen MR) is 69.9 cm³/mol. The van der Waals surface area contributed by atoms with Crippen LogP contribution >= 0.6 is 23.1 Å². The van der Waals surface area contributed by atoms with Gasteiger partial charge in [-0.3, -0.25) is 0 Å². The lowest BCUT2D eigenvalue weighted by molar-refractivity contribution is 0.604. The summed E-state index contributed by atoms with van der Waals surface area (Å²) in [5, 5.41) is 4.97. The first kappa shape index (κ1) is 9.70. The molecule has 3 rings (SSSR count). The minimum atomic E-state index is 0.571. The molecular weight excluding hydrogens is 222 g/mol. The zero-order chi connectivity index (χ0) is 10.1. The lowest BCUT2D eigenvalue weighted by atomic mass is 10.2. The molecule has 2 heterocycles. The van der Waals surface area contributed by atoms with E-state index >= 15 is 0 Å². The molecule has 1 saturated heterocycles. The summed E-state index contributed by atoms with van der Waals surface area (Å²) in [6.45, 7) is 1.14. The summed E-state index contributed by atoms with van der Waals surface area (Å²) in [5.41, 5.74) is 0. The Kier molecular flexibility index (Phi) is 2.69. The Balaban J connectivity index is 1.96. The first-order valence-corrected chi connectivity index (χ1v) is 7.20. The number of thiophene rings is 1. The zero-order valence-corrected chi connectivity index (χ0v) is 10.0. The van der Waals surface area contributed by atoms with E-state index in [9.17, 15) is 0 Å². The summed E-state index contributed by atoms with van der Waals surface area (Å²) in [6, 6.07) is 11.5. The fourth-order valence-electron chi connectivity index (χ4n) is 1.92. The van der Waals surface area contributed by atoms with Crippen molar-refractivity contribution in [2.45, 2.75) is 6.04 Å². The van der Waals surface area contributed by atoms with Crippen LogP contribution in [0.15, 0.2) is 30.3 Å². The van der Waals surface area contributed by atoms with Crippen molar-refractivity contribution < 1.29 is 0 Å². The number of hydrogen-bond acceptors (Lipinski definition) is 3. The largest absolute Gasteiger partial charge is 0.308 e. The Morgan fingerprint density at radius 2 is 2.20 bits per heavy atom. The third-order valence-electron chi connectivity index (χ3n) is 2.71. The Bertz CT molecular complexity index is 424. The van der Waals surface area contributed by atoms with Crippen LogP contribution in [0.5, 0.6) is 0 Å². The highest BCUT2D eigenvalue weighted by Crippen LogP contribution is 2.32. The van der Waals surface area contributed by atoms with Crippen LogP contribution < -0.4 is 5.32 Å². The second kappa shape index (κ2) is 4.16. The normalized spacial score (nSPS) is 22.0. The number of benzene rings is 1. The van der Waals surface area contributed by atoms with Gasteiger partial charge in [-0.2, -0.15) is 11.8 Å². The van der Waals surface area contributed by atoms with E-state index in [-0.39, 0.29) is 0 Å². The SMILES string of the molecule is c1ccc2sc(C3CSCCN3)cc2c1. The molecular formula is C12H13NS2. The molecule has 15 heavy (non-hydrogen) atoms. The van der Waals surface area contributed by atoms with Crippen molar-refractivity contribution in [2.75, 3.05) is 18.1 Å². The minimum Gasteiger partial charge on any atom is -0.308 e. The highest BCUT2D eigenvalue weighted by atomic mass is 32.2. The van der Waals surface area contributed by atoms with Crippen molar-refractivity contribution in [1.82, 2.24) is 5.32 Å². The van der Waals surface area contributed by atoms with Gasteiger partial charge in [0.05, 0.1) is 6.04 Å². The smallest absolute Gasteiger partial charge is 0.0507 e. The maximum atomic E-state index is 3.59. The molecule has 0 spiro atoms. The maximum absolute atomic E-state index is 3.59. The van der Waals surface area contributed by atoms with E-state index in [0.29, 0.717) is 6.04 Å². The highest BCUT2D eigenvalue weighted by molar-refractivity contribution is 7.99. The summed E-state index contributed by atoms with van der Waals surface area (Å²) in [6.07, 6.45) is 0. The van der Waals surface area contributed by atoms with Crippen molar-refractivity contribution in [3.05, 3.63) is 35.2 Å². The van der Waals surface area contributed by atoms with E-state index in [1.54, 1.807) is 0 Å². The molecule has 78 valence electrons. The van der Waals surface area contributed by atoms with Gasteiger partial charge in [0.1, 0.15) is 0 Å². The first-order chi connectivity index (χ1) is 7.43. The van der Waals surface area contributed by atoms with Gasteiger partial charge in [0, 0.05) is 27.6 Å². The molecule has 1 aromatic carbocycles. The van der Waals surface area contributed by atoms with Gasteiger partial charge in [-0.25, -0.2) is 0 Å². The van der Waals surface area contributed by atoms with Gasteiger partial charge < -0.3 is 5.32 Å². The highest BCUT2D eigenvalue weighted by Gasteiger charge is 2.16. The monoisotopic (exact) mass is 235 g/mol. The lowest BCUT2D eigenvalue weighted by Crippen LogP contribution is -2.29. The number of thioether (sulfide) groups is 1. The molecule has 1 aliphatic rings. The summed E-state index contributed by atoms with van der Waals surface area (Å²) < 4.78 is 1.41. The Morgan fingerprint density at radius 1 is 1.27 bits per heavy atom. The van der Waals surface area contributed by atoms with Gasteiger partial charge in [0.15, 0.2) is 0 Å². The van der Waals surface area contributed by atoms with Crippen LogP contribution in [0.2, 0.25) is 0 Å². The van der Waals surface area contributed by atoms with E-state index in [0.717, 1.165) is 6.54 Å². The van der Waals surface area contributed by atoms with Crippen molar-refractivity contribution in [1.29, 1.82) is 0 Å². The van der Waals surface area contributed by atoms with Gasteiger partial charge in [0.2, 0.25) is 0 Å². The standard InChI is InChI=1S/C12H13NS2/c1-2-4-11-9(3-1)7-12(15-11)10-8-14-6-5-13-10/h1-4,7,10,13H,5-6,8H2. The third kappa shape index (κ3) is 1.92. The summed E-state index contributed by atoms with van der Waals surface area (Å²) in [4.78, 5) is 1.49. The van der Waals surface area contributed by atoms with Crippen LogP contribution in [0, 0.1) is 0 Å². The average molecular weight is 235 g/mol. The van der Waals surface area contributed by atoms with Gasteiger partial charge in [-0.15, -0.1) is 11.3 Å². The van der Waals surface area contributed by atoms with Crippen LogP contribution in [0.4, 0.5) is 0 Å². The summed E-state index contributed by atoms with van der Waals surface area (Å²) in [5.74, 6) is 2.47. The molecule has 0 radical (unpaired) electrons. The van der Waals surface area contributed by atoms with E-state index in [2.05, 4.69) is 47.4 Å². The lowest BCUT2D eigenvalue weighted by Gasteiger charge is -2.21. The van der Waals surface area contributed by atoms with Crippen molar-refractivity contribution in [2.24, 2.45) is 0 Å². The first-order valence-electron chi connectivity index (χ1n) is 5.23. The Morgan fingerprint density at radius 3 is 3.00 bits per heavy atom. The van der Waals surface area contributed by atoms with Crippen LogP contribution in [0.3, 0.4) is 0 Å². The van der Waals surface area contributed by atoms with E-state index < -0.39 is 0 Å². The molecule has 1 unspecified atom stereocenters. The molecule has 1 N–H and O–H groups in total. The fraction of sp³-hybridized carbons (Fsp3) is 0.333. The molecule has 2 aromatic rings. The average Bonchev–Trinajstić information content (AvgIpc) is 2.74. The van der Waals surface area contributed by atoms with Gasteiger partial charge in [-0.1, -0.05) is 18.2 Å². The molecule has 0 saturated carbocycles. The Hall–Kier alpha value is -0.510. The second-order valence-electron chi connectivity index (χ2n) is 3.77. The van der Waals surface area contributed by atoms with E-state index in [4.69, 9.17) is 0 Å². The molecule has 1 aliphatic heterocycles. The number of nitrogens with one attached hydrogen (secondary N) is 1. The third-order valence-corrected chi connectivity index (χ3v) is 5.00. The van der Waals surface area contributed by atoms with Crippen molar-refractivity contribution in [3.63, 3.8) is 0 Å². The van der Waals surface area contributed by atoms with Crippen LogP contribution in [0.25, 0.3) is 10.1 Å². The van der Waals surface area contributed by atoms with Gasteiger partial charge in [-0.05, 0) is 17.5 Å². The molecule has 0 aliphatic carbocycles. The molecule has 1 fully saturated rings. The quantitative estimate of drug-likeness (QED) is 0.814. The van der Waals surface area contributed by atoms with Gasteiger partial charge in [0.25, 0.3) is 0 Å². The van der Waals surface area contributed by atoms with Gasteiger partial charge >= 0.3 is 0 Å². The van der Waals surface area contributed by atoms with E-state index in [1.807, 2.05) is 11.3 Å². The maximum Gasteiger partial charge on any atom is 0.0507 e. The summed E-state index contributed by atoms with van der Waals surface area (Å²) in [7, 11) is 0. The number of hydrogen-bond donors (Lipinski definition) is 1. The van der Waals surface area contributed by atoms with Crippen molar-refractivity contribution >= 4 is 33.2 Å². The molecule has 3 heteroatoms. The summed E-state index contributed by atoms with van der Waals surface area (Å²) >= 11 is 3.98. The van der Waals surface area contributed by atoms with Crippen LogP contribution in [-0.4, -0.2) is 18.1 Å².